The van der Waals surface area contributed by atoms with Crippen molar-refractivity contribution in [3.05, 3.63) is 52.3 Å². The Morgan fingerprint density at radius 2 is 1.96 bits per heavy atom. The average Bonchev–Trinajstić information content (AvgIpc) is 3.13. The molecule has 0 spiro atoms. The van der Waals surface area contributed by atoms with Gasteiger partial charge in [0, 0.05) is 5.39 Å². The molecule has 0 saturated carbocycles. The summed E-state index contributed by atoms with van der Waals surface area (Å²) in [6.45, 7) is 6.17. The molecular weight excluding hydrogens is 368 g/mol. The molecule has 1 unspecified atom stereocenters. The van der Waals surface area contributed by atoms with Gasteiger partial charge in [-0.3, -0.25) is 4.68 Å². The average molecular weight is 385 g/mol. The van der Waals surface area contributed by atoms with Crippen molar-refractivity contribution in [3.63, 3.8) is 0 Å². The Hall–Kier alpha value is -2.28. The van der Waals surface area contributed by atoms with Crippen LogP contribution in [0, 0.1) is 13.8 Å². The van der Waals surface area contributed by atoms with Gasteiger partial charge in [-0.25, -0.2) is 14.5 Å². The zero-order chi connectivity index (χ0) is 16.8. The van der Waals surface area contributed by atoms with Gasteiger partial charge in [0.25, 0.3) is 0 Å². The minimum absolute atomic E-state index is 0.00587. The number of nitrogens with zero attached hydrogens (tertiary/aromatic N) is 6. The monoisotopic (exact) mass is 384 g/mol. The van der Waals surface area contributed by atoms with Crippen molar-refractivity contribution in [3.8, 4) is 0 Å². The predicted octanol–water partition coefficient (Wildman–Crippen LogP) is 3.85. The van der Waals surface area contributed by atoms with E-state index in [1.165, 1.54) is 0 Å². The molecule has 0 aliphatic heterocycles. The molecule has 3 aromatic heterocycles. The number of para-hydroxylation sites is 1. The normalized spacial score (nSPS) is 13.0. The molecule has 0 amide bonds. The second-order valence-corrected chi connectivity index (χ2v) is 6.65. The maximum atomic E-state index is 4.80. The van der Waals surface area contributed by atoms with E-state index in [1.54, 1.807) is 10.8 Å². The van der Waals surface area contributed by atoms with Crippen LogP contribution in [-0.2, 0) is 0 Å². The molecule has 0 aliphatic rings. The Balaban J connectivity index is 1.90. The molecule has 0 bridgehead atoms. The van der Waals surface area contributed by atoms with Crippen molar-refractivity contribution >= 4 is 32.5 Å². The van der Waals surface area contributed by atoms with Gasteiger partial charge in [-0.15, -0.1) is 5.10 Å². The Morgan fingerprint density at radius 1 is 1.17 bits per heavy atom. The summed E-state index contributed by atoms with van der Waals surface area (Å²) in [6.07, 6.45) is 2.58. The first kappa shape index (κ1) is 15.3. The minimum Gasteiger partial charge on any atom is -0.258 e. The summed E-state index contributed by atoms with van der Waals surface area (Å²) in [6, 6.07) is 7.98. The highest BCUT2D eigenvalue weighted by atomic mass is 79.9. The van der Waals surface area contributed by atoms with Crippen molar-refractivity contribution in [1.82, 2.24) is 29.4 Å². The fraction of sp³-hybridized carbons (Fsp3) is 0.294. The maximum absolute atomic E-state index is 4.80. The van der Waals surface area contributed by atoms with Crippen LogP contribution in [0.3, 0.4) is 0 Å². The largest absolute Gasteiger partial charge is 0.258 e. The zero-order valence-corrected chi connectivity index (χ0v) is 15.3. The van der Waals surface area contributed by atoms with Crippen LogP contribution in [-0.4, -0.2) is 29.4 Å². The highest BCUT2D eigenvalue weighted by Gasteiger charge is 2.22. The summed E-state index contributed by atoms with van der Waals surface area (Å²) < 4.78 is 4.79. The van der Waals surface area contributed by atoms with E-state index < -0.39 is 0 Å². The van der Waals surface area contributed by atoms with Gasteiger partial charge in [0.05, 0.1) is 21.4 Å². The van der Waals surface area contributed by atoms with Crippen molar-refractivity contribution in [2.24, 2.45) is 0 Å². The van der Waals surface area contributed by atoms with Crippen LogP contribution in [0.2, 0.25) is 0 Å². The van der Waals surface area contributed by atoms with Crippen LogP contribution >= 0.6 is 15.9 Å². The van der Waals surface area contributed by atoms with E-state index in [0.717, 1.165) is 44.7 Å². The molecule has 0 saturated heterocycles. The van der Waals surface area contributed by atoms with Gasteiger partial charge in [-0.1, -0.05) is 19.1 Å². The van der Waals surface area contributed by atoms with Gasteiger partial charge in [0.2, 0.25) is 0 Å². The van der Waals surface area contributed by atoms with Crippen LogP contribution in [0.5, 0.6) is 0 Å². The lowest BCUT2D eigenvalue weighted by atomic mass is 10.2. The summed E-state index contributed by atoms with van der Waals surface area (Å²) in [4.78, 5) is 9.25. The fourth-order valence-corrected chi connectivity index (χ4v) is 3.31. The highest BCUT2D eigenvalue weighted by molar-refractivity contribution is 9.10. The van der Waals surface area contributed by atoms with E-state index in [0.29, 0.717) is 0 Å². The van der Waals surface area contributed by atoms with Crippen molar-refractivity contribution in [2.75, 3.05) is 0 Å². The van der Waals surface area contributed by atoms with E-state index in [1.807, 2.05) is 35.9 Å². The SMILES string of the molecule is CCC(c1nc2c3ccccc3ncn2n1)n1nc(C)c(Br)c1C. The van der Waals surface area contributed by atoms with Gasteiger partial charge in [0.15, 0.2) is 11.5 Å². The smallest absolute Gasteiger partial charge is 0.176 e. The highest BCUT2D eigenvalue weighted by Crippen LogP contribution is 2.28. The maximum Gasteiger partial charge on any atom is 0.176 e. The number of hydrogen-bond acceptors (Lipinski definition) is 4. The molecule has 4 rings (SSSR count). The second-order valence-electron chi connectivity index (χ2n) is 5.85. The Labute approximate surface area is 147 Å². The summed E-state index contributed by atoms with van der Waals surface area (Å²) in [7, 11) is 0. The third kappa shape index (κ3) is 2.23. The van der Waals surface area contributed by atoms with E-state index >= 15 is 0 Å². The van der Waals surface area contributed by atoms with E-state index in [9.17, 15) is 0 Å². The number of rotatable bonds is 3. The number of fused-ring (bicyclic) bond motifs is 3. The number of aromatic nitrogens is 6. The third-order valence-corrected chi connectivity index (χ3v) is 5.46. The number of benzene rings is 1. The van der Waals surface area contributed by atoms with Crippen molar-refractivity contribution in [1.29, 1.82) is 0 Å². The summed E-state index contributed by atoms with van der Waals surface area (Å²) in [5.74, 6) is 0.758. The second kappa shape index (κ2) is 5.66. The number of aryl methyl sites for hydroxylation is 1. The van der Waals surface area contributed by atoms with Crippen LogP contribution in [0.4, 0.5) is 0 Å². The number of hydrogen-bond donors (Lipinski definition) is 0. The Kier molecular flexibility index (Phi) is 3.60. The molecule has 0 fully saturated rings. The molecule has 122 valence electrons. The van der Waals surface area contributed by atoms with E-state index in [2.05, 4.69) is 45.0 Å². The van der Waals surface area contributed by atoms with Crippen LogP contribution in [0.15, 0.2) is 35.1 Å². The number of halogens is 1. The van der Waals surface area contributed by atoms with Gasteiger partial charge >= 0.3 is 0 Å². The standard InChI is InChI=1S/C17H17BrN6/c1-4-14(24-11(3)15(18)10(2)21-24)16-20-17-12-7-5-6-8-13(12)19-9-23(17)22-16/h5-9,14H,4H2,1-3H3. The molecule has 0 aliphatic carbocycles. The lowest BCUT2D eigenvalue weighted by Gasteiger charge is -2.13. The first-order valence-electron chi connectivity index (χ1n) is 7.91. The van der Waals surface area contributed by atoms with Crippen LogP contribution < -0.4 is 0 Å². The van der Waals surface area contributed by atoms with Gasteiger partial charge in [0.1, 0.15) is 12.4 Å². The minimum atomic E-state index is -0.00587. The lowest BCUT2D eigenvalue weighted by Crippen LogP contribution is -2.14. The first-order chi connectivity index (χ1) is 11.6. The first-order valence-corrected chi connectivity index (χ1v) is 8.70. The van der Waals surface area contributed by atoms with Crippen LogP contribution in [0.25, 0.3) is 16.6 Å². The van der Waals surface area contributed by atoms with Crippen molar-refractivity contribution in [2.45, 2.75) is 33.2 Å². The topological polar surface area (TPSA) is 60.9 Å². The Morgan fingerprint density at radius 3 is 2.67 bits per heavy atom. The molecule has 3 heterocycles. The third-order valence-electron chi connectivity index (χ3n) is 4.32. The molecule has 7 heteroatoms. The van der Waals surface area contributed by atoms with Crippen LogP contribution in [0.1, 0.15) is 36.6 Å². The fourth-order valence-electron chi connectivity index (χ4n) is 3.05. The zero-order valence-electron chi connectivity index (χ0n) is 13.7. The lowest BCUT2D eigenvalue weighted by molar-refractivity contribution is 0.472. The molecule has 1 aromatic carbocycles. The summed E-state index contributed by atoms with van der Waals surface area (Å²) >= 11 is 3.60. The molecule has 6 nitrogen and oxygen atoms in total. The molecule has 0 N–H and O–H groups in total. The summed E-state index contributed by atoms with van der Waals surface area (Å²) in [5, 5.41) is 10.3. The van der Waals surface area contributed by atoms with E-state index in [4.69, 9.17) is 4.98 Å². The summed E-state index contributed by atoms with van der Waals surface area (Å²) in [5.41, 5.74) is 3.81. The quantitative estimate of drug-likeness (QED) is 0.538. The van der Waals surface area contributed by atoms with Gasteiger partial charge in [-0.2, -0.15) is 5.10 Å². The van der Waals surface area contributed by atoms with Crippen molar-refractivity contribution < 1.29 is 0 Å². The molecule has 4 aromatic rings. The van der Waals surface area contributed by atoms with Gasteiger partial charge < -0.3 is 0 Å². The molecule has 24 heavy (non-hydrogen) atoms. The van der Waals surface area contributed by atoms with E-state index in [-0.39, 0.29) is 6.04 Å². The molecular formula is C17H17BrN6. The molecule has 0 radical (unpaired) electrons. The van der Waals surface area contributed by atoms with Gasteiger partial charge in [-0.05, 0) is 48.3 Å². The molecule has 1 atom stereocenters. The predicted molar refractivity (Wildman–Crippen MR) is 96.1 cm³/mol. The Bertz CT molecular complexity index is 1050.